The maximum absolute atomic E-state index is 13.0. The normalized spacial score (nSPS) is 35.1. The Kier molecular flexibility index (Phi) is 3.59. The Morgan fingerprint density at radius 1 is 1.30 bits per heavy atom. The van der Waals surface area contributed by atoms with E-state index >= 15 is 0 Å². The molecule has 2 fully saturated rings. The molecule has 1 aromatic heterocycles. The van der Waals surface area contributed by atoms with E-state index in [1.807, 2.05) is 0 Å². The number of thiazole rings is 1. The highest BCUT2D eigenvalue weighted by atomic mass is 32.2. The number of H-pyrrole nitrogens is 1. The monoisotopic (exact) mass is 446 g/mol. The summed E-state index contributed by atoms with van der Waals surface area (Å²) in [5, 5.41) is 21.9. The van der Waals surface area contributed by atoms with E-state index in [0.29, 0.717) is 17.0 Å². The number of thioether (sulfide) groups is 1. The van der Waals surface area contributed by atoms with Gasteiger partial charge in [-0.3, -0.25) is 24.5 Å². The predicted octanol–water partition coefficient (Wildman–Crippen LogP) is 2.45. The molecule has 11 heteroatoms. The molecule has 0 spiro atoms. The molecule has 2 aliphatic heterocycles. The molecule has 7 atom stereocenters. The minimum atomic E-state index is -1.01. The van der Waals surface area contributed by atoms with Crippen LogP contribution in [0.3, 0.4) is 0 Å². The van der Waals surface area contributed by atoms with Crippen molar-refractivity contribution in [3.05, 3.63) is 48.4 Å². The first kappa shape index (κ1) is 18.1. The molecule has 2 N–H and O–H groups in total. The Bertz CT molecular complexity index is 1200. The van der Waals surface area contributed by atoms with E-state index in [4.69, 9.17) is 4.74 Å². The fourth-order valence-electron chi connectivity index (χ4n) is 6.10. The summed E-state index contributed by atoms with van der Waals surface area (Å²) < 4.78 is 5.63. The third-order valence-electron chi connectivity index (χ3n) is 7.02. The third kappa shape index (κ3) is 2.21. The fourth-order valence-corrected chi connectivity index (χ4v) is 8.98. The Labute approximate surface area is 176 Å². The van der Waals surface area contributed by atoms with Gasteiger partial charge in [-0.05, 0) is 30.2 Å². The van der Waals surface area contributed by atoms with Gasteiger partial charge in [-0.25, -0.2) is 0 Å². The van der Waals surface area contributed by atoms with Crippen LogP contribution in [0.2, 0.25) is 0 Å². The number of fused-ring (bicyclic) bond motifs is 6. The largest absolute Gasteiger partial charge is 0.481 e. The number of benzene rings is 1. The average molecular weight is 446 g/mol. The molecule has 0 saturated heterocycles. The maximum atomic E-state index is 13.0. The Balaban J connectivity index is 1.63. The number of nitrogens with zero attached hydrogens (tertiary/aromatic N) is 1. The van der Waals surface area contributed by atoms with Crippen molar-refractivity contribution in [1.29, 1.82) is 0 Å². The Morgan fingerprint density at radius 3 is 2.83 bits per heavy atom. The predicted molar refractivity (Wildman–Crippen MR) is 105 cm³/mol. The molecule has 6 rings (SSSR count). The average Bonchev–Trinajstić information content (AvgIpc) is 3.35. The van der Waals surface area contributed by atoms with E-state index in [9.17, 15) is 29.6 Å². The number of nitro groups is 1. The minimum absolute atomic E-state index is 0.0897. The van der Waals surface area contributed by atoms with E-state index in [-0.39, 0.29) is 45.2 Å². The van der Waals surface area contributed by atoms with Gasteiger partial charge in [0.1, 0.15) is 5.75 Å². The number of aliphatic carboxylic acids is 1. The highest BCUT2D eigenvalue weighted by molar-refractivity contribution is 8.00. The molecule has 0 unspecified atom stereocenters. The van der Waals surface area contributed by atoms with E-state index in [0.717, 1.165) is 16.2 Å². The highest BCUT2D eigenvalue weighted by Crippen LogP contribution is 2.68. The molecule has 0 amide bonds. The third-order valence-corrected chi connectivity index (χ3v) is 9.61. The number of hydrogen-bond acceptors (Lipinski definition) is 8. The number of aromatic amines is 1. The van der Waals surface area contributed by atoms with Crippen molar-refractivity contribution in [2.24, 2.45) is 29.6 Å². The SMILES string of the molecule is O=C1Oc2ccc([N+](=O)[O-])cc2[C@H]2c3sc(=O)[nH]c3S[C@@H]3[C@@H]4C[C@H]([C@@H]1[C@H]4C(=O)O)[C@H]23. The van der Waals surface area contributed by atoms with Gasteiger partial charge in [0.2, 0.25) is 0 Å². The molecule has 30 heavy (non-hydrogen) atoms. The fraction of sp³-hybridized carbons (Fsp3) is 0.421. The number of carbonyl (C=O) groups is 2. The van der Waals surface area contributed by atoms with Gasteiger partial charge in [-0.2, -0.15) is 0 Å². The topological polar surface area (TPSA) is 140 Å². The van der Waals surface area contributed by atoms with Crippen LogP contribution in [0.1, 0.15) is 22.8 Å². The van der Waals surface area contributed by atoms with Crippen LogP contribution in [-0.2, 0) is 9.59 Å². The summed E-state index contributed by atoms with van der Waals surface area (Å²) in [7, 11) is 0. The number of carboxylic acids is 1. The van der Waals surface area contributed by atoms with Gasteiger partial charge < -0.3 is 14.8 Å². The summed E-state index contributed by atoms with van der Waals surface area (Å²) in [6.07, 6.45) is 0.596. The van der Waals surface area contributed by atoms with E-state index in [1.54, 1.807) is 0 Å². The molecule has 2 aromatic rings. The maximum Gasteiger partial charge on any atom is 0.315 e. The number of hydrogen-bond donors (Lipinski definition) is 2. The lowest BCUT2D eigenvalue weighted by molar-refractivity contribution is -0.385. The van der Waals surface area contributed by atoms with Crippen LogP contribution >= 0.6 is 23.1 Å². The van der Waals surface area contributed by atoms with Gasteiger partial charge in [0, 0.05) is 33.7 Å². The first-order chi connectivity index (χ1) is 14.3. The number of rotatable bonds is 2. The summed E-state index contributed by atoms with van der Waals surface area (Å²) in [5.74, 6) is -3.84. The molecule has 4 aliphatic rings. The van der Waals surface area contributed by atoms with Crippen molar-refractivity contribution in [2.45, 2.75) is 22.6 Å². The molecule has 3 heterocycles. The number of esters is 1. The van der Waals surface area contributed by atoms with Gasteiger partial charge in [-0.1, -0.05) is 11.3 Å². The second-order valence-electron chi connectivity index (χ2n) is 8.20. The zero-order chi connectivity index (χ0) is 20.9. The number of non-ortho nitro benzene ring substituents is 1. The lowest BCUT2D eigenvalue weighted by Gasteiger charge is -2.45. The molecule has 2 aliphatic carbocycles. The smallest absolute Gasteiger partial charge is 0.315 e. The van der Waals surface area contributed by atoms with Gasteiger partial charge in [0.25, 0.3) is 5.69 Å². The first-order valence-corrected chi connectivity index (χ1v) is 11.2. The molecular weight excluding hydrogens is 432 g/mol. The van der Waals surface area contributed by atoms with Crippen LogP contribution < -0.4 is 9.61 Å². The highest BCUT2D eigenvalue weighted by Gasteiger charge is 2.67. The number of nitrogens with one attached hydrogen (secondary N) is 1. The molecule has 2 saturated carbocycles. The Morgan fingerprint density at radius 2 is 2.10 bits per heavy atom. The minimum Gasteiger partial charge on any atom is -0.481 e. The lowest BCUT2D eigenvalue weighted by atomic mass is 9.66. The standard InChI is InChI=1S/C19H14N2O7S2/c22-17(23)12-8-4-7-11-10(15-16(29-14(8)11)20-19(25)30-15)6-3-5(21(26)27)1-2-9(6)28-18(24)13(7)12/h1-3,7-8,10-14H,4H2,(H,20,25)(H,22,23)/t7-,8+,10+,11+,12-,13+,14+/m0/s1. The molecule has 154 valence electrons. The van der Waals surface area contributed by atoms with Crippen molar-refractivity contribution >= 4 is 40.7 Å². The van der Waals surface area contributed by atoms with E-state index in [2.05, 4.69) is 4.98 Å². The van der Waals surface area contributed by atoms with Crippen molar-refractivity contribution in [1.82, 2.24) is 4.98 Å². The van der Waals surface area contributed by atoms with Crippen LogP contribution in [-0.4, -0.2) is 32.2 Å². The van der Waals surface area contributed by atoms with Gasteiger partial charge >= 0.3 is 16.8 Å². The number of carbonyl (C=O) groups excluding carboxylic acids is 1. The summed E-state index contributed by atoms with van der Waals surface area (Å²) in [6.45, 7) is 0. The number of nitro benzene ring substituents is 1. The van der Waals surface area contributed by atoms with Crippen LogP contribution in [0, 0.1) is 39.7 Å². The van der Waals surface area contributed by atoms with Crippen molar-refractivity contribution in [3.63, 3.8) is 0 Å². The Hall–Kier alpha value is -2.66. The lowest BCUT2D eigenvalue weighted by Crippen LogP contribution is -2.49. The quantitative estimate of drug-likeness (QED) is 0.310. The summed E-state index contributed by atoms with van der Waals surface area (Å²) in [5.41, 5.74) is 0.398. The summed E-state index contributed by atoms with van der Waals surface area (Å²) in [4.78, 5) is 51.5. The molecule has 2 bridgehead atoms. The van der Waals surface area contributed by atoms with Gasteiger partial charge in [0.05, 0.1) is 21.8 Å². The van der Waals surface area contributed by atoms with Crippen LogP contribution in [0.5, 0.6) is 5.75 Å². The molecule has 0 radical (unpaired) electrons. The van der Waals surface area contributed by atoms with E-state index in [1.165, 1.54) is 30.0 Å². The molecular formula is C19H14N2O7S2. The first-order valence-electron chi connectivity index (χ1n) is 9.47. The van der Waals surface area contributed by atoms with Crippen molar-refractivity contribution in [2.75, 3.05) is 0 Å². The van der Waals surface area contributed by atoms with Gasteiger partial charge in [0.15, 0.2) is 0 Å². The number of ether oxygens (including phenoxy) is 1. The van der Waals surface area contributed by atoms with Crippen LogP contribution in [0.25, 0.3) is 0 Å². The zero-order valence-electron chi connectivity index (χ0n) is 15.1. The number of carboxylic acid groups (broad SMARTS) is 1. The van der Waals surface area contributed by atoms with Gasteiger partial charge in [-0.15, -0.1) is 11.8 Å². The second kappa shape index (κ2) is 5.94. The number of aromatic nitrogens is 1. The van der Waals surface area contributed by atoms with E-state index < -0.39 is 28.7 Å². The van der Waals surface area contributed by atoms with Crippen LogP contribution in [0.15, 0.2) is 28.0 Å². The molecule has 9 nitrogen and oxygen atoms in total. The second-order valence-corrected chi connectivity index (χ2v) is 10.4. The van der Waals surface area contributed by atoms with Crippen molar-refractivity contribution < 1.29 is 24.4 Å². The van der Waals surface area contributed by atoms with Crippen LogP contribution in [0.4, 0.5) is 5.69 Å². The van der Waals surface area contributed by atoms with Crippen molar-refractivity contribution in [3.8, 4) is 5.75 Å². The summed E-state index contributed by atoms with van der Waals surface area (Å²) >= 11 is 2.55. The molecule has 1 aromatic carbocycles. The summed E-state index contributed by atoms with van der Waals surface area (Å²) in [6, 6.07) is 4.10. The zero-order valence-corrected chi connectivity index (χ0v) is 16.8.